The van der Waals surface area contributed by atoms with Crippen molar-refractivity contribution in [3.63, 3.8) is 0 Å². The first-order valence-corrected chi connectivity index (χ1v) is 7.35. The smallest absolute Gasteiger partial charge is 0.258 e. The fraction of sp³-hybridized carbons (Fsp3) is 0.0556. The third kappa shape index (κ3) is 3.86. The summed E-state index contributed by atoms with van der Waals surface area (Å²) in [7, 11) is 1.55. The maximum Gasteiger partial charge on any atom is 0.258 e. The van der Waals surface area contributed by atoms with Crippen LogP contribution in [0.25, 0.3) is 0 Å². The van der Waals surface area contributed by atoms with E-state index in [9.17, 15) is 4.79 Å². The summed E-state index contributed by atoms with van der Waals surface area (Å²) < 4.78 is 5.12. The average Bonchev–Trinajstić information content (AvgIpc) is 2.63. The number of carbonyl (C=O) groups is 1. The van der Waals surface area contributed by atoms with Crippen LogP contribution in [0.15, 0.2) is 66.9 Å². The van der Waals surface area contributed by atoms with E-state index in [0.717, 1.165) is 5.69 Å². The molecule has 6 heteroatoms. The molecule has 0 aliphatic carbocycles. The highest BCUT2D eigenvalue weighted by atomic mass is 16.5. The van der Waals surface area contributed by atoms with Gasteiger partial charge in [0.25, 0.3) is 5.91 Å². The van der Waals surface area contributed by atoms with E-state index in [2.05, 4.69) is 20.6 Å². The molecule has 0 spiro atoms. The number of amides is 1. The van der Waals surface area contributed by atoms with Crippen molar-refractivity contribution in [2.45, 2.75) is 0 Å². The van der Waals surface area contributed by atoms with Gasteiger partial charge in [-0.25, -0.2) is 4.98 Å². The molecule has 3 aromatic rings. The number of aromatic nitrogens is 2. The normalized spacial score (nSPS) is 10.0. The van der Waals surface area contributed by atoms with Crippen LogP contribution in [0.3, 0.4) is 0 Å². The van der Waals surface area contributed by atoms with Crippen molar-refractivity contribution in [1.82, 2.24) is 9.97 Å². The van der Waals surface area contributed by atoms with Gasteiger partial charge in [-0.2, -0.15) is 4.98 Å². The summed E-state index contributed by atoms with van der Waals surface area (Å²) in [6.07, 6.45) is 1.58. The van der Waals surface area contributed by atoms with Crippen LogP contribution < -0.4 is 15.4 Å². The number of anilines is 3. The van der Waals surface area contributed by atoms with Crippen LogP contribution in [-0.2, 0) is 0 Å². The van der Waals surface area contributed by atoms with Crippen molar-refractivity contribution in [3.8, 4) is 5.75 Å². The second-order valence-corrected chi connectivity index (χ2v) is 4.94. The zero-order valence-electron chi connectivity index (χ0n) is 13.1. The van der Waals surface area contributed by atoms with E-state index in [1.54, 1.807) is 43.6 Å². The van der Waals surface area contributed by atoms with Crippen molar-refractivity contribution in [3.05, 3.63) is 72.4 Å². The van der Waals surface area contributed by atoms with Crippen LogP contribution in [0.2, 0.25) is 0 Å². The van der Waals surface area contributed by atoms with Gasteiger partial charge in [0.2, 0.25) is 5.95 Å². The number of para-hydroxylation sites is 1. The molecule has 24 heavy (non-hydrogen) atoms. The molecule has 1 amide bonds. The van der Waals surface area contributed by atoms with Crippen LogP contribution in [0.4, 0.5) is 17.5 Å². The number of benzene rings is 2. The topological polar surface area (TPSA) is 76.1 Å². The molecule has 0 fully saturated rings. The van der Waals surface area contributed by atoms with E-state index in [1.165, 1.54) is 0 Å². The van der Waals surface area contributed by atoms with Gasteiger partial charge in [-0.05, 0) is 36.4 Å². The van der Waals surface area contributed by atoms with Crippen molar-refractivity contribution in [2.24, 2.45) is 0 Å². The molecule has 0 atom stereocenters. The van der Waals surface area contributed by atoms with E-state index < -0.39 is 0 Å². The molecule has 0 radical (unpaired) electrons. The monoisotopic (exact) mass is 320 g/mol. The lowest BCUT2D eigenvalue weighted by Gasteiger charge is -2.08. The quantitative estimate of drug-likeness (QED) is 0.752. The summed E-state index contributed by atoms with van der Waals surface area (Å²) in [5.74, 6) is 1.13. The molecular weight excluding hydrogens is 304 g/mol. The van der Waals surface area contributed by atoms with E-state index >= 15 is 0 Å². The fourth-order valence-corrected chi connectivity index (χ4v) is 2.10. The number of nitrogens with one attached hydrogen (secondary N) is 2. The number of methoxy groups -OCH3 is 1. The van der Waals surface area contributed by atoms with Crippen LogP contribution in [0, 0.1) is 0 Å². The number of nitrogens with zero attached hydrogens (tertiary/aromatic N) is 2. The van der Waals surface area contributed by atoms with Gasteiger partial charge in [-0.1, -0.05) is 24.3 Å². The summed E-state index contributed by atoms with van der Waals surface area (Å²) in [4.78, 5) is 20.7. The Hall–Kier alpha value is -3.41. The third-order valence-corrected chi connectivity index (χ3v) is 3.26. The van der Waals surface area contributed by atoms with Crippen LogP contribution in [0.1, 0.15) is 10.4 Å². The minimum atomic E-state index is -0.300. The number of carbonyl (C=O) groups excluding carboxylic acids is 1. The van der Waals surface area contributed by atoms with Crippen molar-refractivity contribution >= 4 is 23.4 Å². The highest BCUT2D eigenvalue weighted by molar-refractivity contribution is 6.03. The van der Waals surface area contributed by atoms with Gasteiger partial charge in [-0.15, -0.1) is 0 Å². The summed E-state index contributed by atoms with van der Waals surface area (Å²) >= 11 is 0. The maximum absolute atomic E-state index is 12.3. The lowest BCUT2D eigenvalue weighted by atomic mass is 10.2. The van der Waals surface area contributed by atoms with Gasteiger partial charge in [0, 0.05) is 17.4 Å². The summed E-state index contributed by atoms with van der Waals surface area (Å²) in [5.41, 5.74) is 1.38. The first kappa shape index (κ1) is 15.5. The van der Waals surface area contributed by atoms with E-state index in [0.29, 0.717) is 17.1 Å². The van der Waals surface area contributed by atoms with Crippen LogP contribution in [-0.4, -0.2) is 23.0 Å². The first-order valence-electron chi connectivity index (χ1n) is 7.35. The highest BCUT2D eigenvalue weighted by Gasteiger charge is 2.09. The van der Waals surface area contributed by atoms with Crippen molar-refractivity contribution in [1.29, 1.82) is 0 Å². The molecule has 1 aromatic heterocycles. The molecule has 120 valence electrons. The number of rotatable bonds is 5. The van der Waals surface area contributed by atoms with Gasteiger partial charge < -0.3 is 10.1 Å². The number of hydrogen-bond donors (Lipinski definition) is 2. The van der Waals surface area contributed by atoms with E-state index in [1.807, 2.05) is 30.3 Å². The Bertz CT molecular complexity index is 837. The molecule has 2 aromatic carbocycles. The van der Waals surface area contributed by atoms with Gasteiger partial charge in [0.15, 0.2) is 0 Å². The predicted molar refractivity (Wildman–Crippen MR) is 92.7 cm³/mol. The summed E-state index contributed by atoms with van der Waals surface area (Å²) in [6.45, 7) is 0. The van der Waals surface area contributed by atoms with Crippen molar-refractivity contribution < 1.29 is 9.53 Å². The molecule has 0 unspecified atom stereocenters. The summed E-state index contributed by atoms with van der Waals surface area (Å²) in [6, 6.07) is 18.3. The Morgan fingerprint density at radius 2 is 1.88 bits per heavy atom. The molecule has 1 heterocycles. The minimum absolute atomic E-state index is 0.226. The fourth-order valence-electron chi connectivity index (χ4n) is 2.10. The molecule has 0 bridgehead atoms. The Balaban J connectivity index is 1.73. The van der Waals surface area contributed by atoms with Crippen molar-refractivity contribution in [2.75, 3.05) is 17.7 Å². The summed E-state index contributed by atoms with van der Waals surface area (Å²) in [5, 5.41) is 5.83. The standard InChI is InChI=1S/C18H16N4O2/c1-24-15-9-5-6-13(12-15)17(23)22-18-19-11-10-16(21-18)20-14-7-3-2-4-8-14/h2-12H,1H3,(H2,19,20,21,22,23). The largest absolute Gasteiger partial charge is 0.497 e. The van der Waals surface area contributed by atoms with E-state index in [-0.39, 0.29) is 11.9 Å². The average molecular weight is 320 g/mol. The Morgan fingerprint density at radius 1 is 1.04 bits per heavy atom. The second kappa shape index (κ2) is 7.23. The Morgan fingerprint density at radius 3 is 2.67 bits per heavy atom. The first-order chi connectivity index (χ1) is 11.7. The lowest BCUT2D eigenvalue weighted by Crippen LogP contribution is -2.14. The Labute approximate surface area is 139 Å². The Kier molecular flexibility index (Phi) is 4.67. The molecule has 3 rings (SSSR count). The number of ether oxygens (including phenoxy) is 1. The number of hydrogen-bond acceptors (Lipinski definition) is 5. The zero-order chi connectivity index (χ0) is 16.8. The minimum Gasteiger partial charge on any atom is -0.497 e. The molecular formula is C18H16N4O2. The molecule has 2 N–H and O–H groups in total. The highest BCUT2D eigenvalue weighted by Crippen LogP contribution is 2.16. The van der Waals surface area contributed by atoms with Gasteiger partial charge in [0.05, 0.1) is 7.11 Å². The predicted octanol–water partition coefficient (Wildman–Crippen LogP) is 3.48. The molecule has 0 saturated heterocycles. The second-order valence-electron chi connectivity index (χ2n) is 4.94. The third-order valence-electron chi connectivity index (χ3n) is 3.26. The molecule has 6 nitrogen and oxygen atoms in total. The van der Waals surface area contributed by atoms with Crippen LogP contribution >= 0.6 is 0 Å². The SMILES string of the molecule is COc1cccc(C(=O)Nc2nccc(Nc3ccccc3)n2)c1. The van der Waals surface area contributed by atoms with Crippen LogP contribution in [0.5, 0.6) is 5.75 Å². The van der Waals surface area contributed by atoms with Gasteiger partial charge in [0.1, 0.15) is 11.6 Å². The molecule has 0 aliphatic rings. The maximum atomic E-state index is 12.3. The van der Waals surface area contributed by atoms with E-state index in [4.69, 9.17) is 4.74 Å². The zero-order valence-corrected chi connectivity index (χ0v) is 13.1. The van der Waals surface area contributed by atoms with Gasteiger partial charge in [-0.3, -0.25) is 10.1 Å². The van der Waals surface area contributed by atoms with Gasteiger partial charge >= 0.3 is 0 Å². The molecule has 0 saturated carbocycles. The lowest BCUT2D eigenvalue weighted by molar-refractivity contribution is 0.102. The molecule has 0 aliphatic heterocycles.